The van der Waals surface area contributed by atoms with Crippen molar-refractivity contribution < 1.29 is 8.42 Å². The normalized spacial score (nSPS) is 11.1. The Morgan fingerprint density at radius 1 is 1.15 bits per heavy atom. The summed E-state index contributed by atoms with van der Waals surface area (Å²) in [6, 6.07) is 10.4. The average molecular weight is 291 g/mol. The van der Waals surface area contributed by atoms with E-state index in [-0.39, 0.29) is 4.90 Å². The van der Waals surface area contributed by atoms with Gasteiger partial charge in [0.1, 0.15) is 10.7 Å². The first-order valence-electron chi connectivity index (χ1n) is 6.32. The monoisotopic (exact) mass is 291 g/mol. The fourth-order valence-electron chi connectivity index (χ4n) is 1.81. The zero-order chi connectivity index (χ0) is 14.6. The van der Waals surface area contributed by atoms with Gasteiger partial charge in [0.15, 0.2) is 0 Å². The molecule has 6 heteroatoms. The van der Waals surface area contributed by atoms with Gasteiger partial charge in [-0.2, -0.15) is 0 Å². The third-order valence-corrected chi connectivity index (χ3v) is 4.18. The van der Waals surface area contributed by atoms with Gasteiger partial charge in [-0.1, -0.05) is 18.2 Å². The lowest BCUT2D eigenvalue weighted by Gasteiger charge is -2.13. The van der Waals surface area contributed by atoms with Crippen molar-refractivity contribution in [2.45, 2.75) is 18.7 Å². The van der Waals surface area contributed by atoms with E-state index >= 15 is 0 Å². The standard InChI is InChI=1S/C14H17N3O2S/c1-3-15-12-8-4-5-9-13(12)20(18,19)17-14-11(2)7-6-10-16-14/h4-10,15H,3H2,1-2H3,(H,16,17). The van der Waals surface area contributed by atoms with Crippen molar-refractivity contribution in [3.05, 3.63) is 48.2 Å². The molecule has 0 unspecified atom stereocenters. The molecule has 5 nitrogen and oxygen atoms in total. The summed E-state index contributed by atoms with van der Waals surface area (Å²) >= 11 is 0. The molecule has 1 aromatic heterocycles. The number of pyridine rings is 1. The van der Waals surface area contributed by atoms with Gasteiger partial charge in [0, 0.05) is 12.7 Å². The Morgan fingerprint density at radius 3 is 2.60 bits per heavy atom. The topological polar surface area (TPSA) is 71.1 Å². The van der Waals surface area contributed by atoms with Gasteiger partial charge in [0.2, 0.25) is 0 Å². The van der Waals surface area contributed by atoms with Crippen LogP contribution in [0.15, 0.2) is 47.5 Å². The van der Waals surface area contributed by atoms with Crippen LogP contribution in [0, 0.1) is 6.92 Å². The Bertz CT molecular complexity index is 699. The van der Waals surface area contributed by atoms with Crippen LogP contribution in [0.25, 0.3) is 0 Å². The molecule has 0 aliphatic carbocycles. The molecule has 2 rings (SSSR count). The van der Waals surface area contributed by atoms with Crippen LogP contribution in [0.1, 0.15) is 12.5 Å². The Hall–Kier alpha value is -2.08. The number of anilines is 2. The van der Waals surface area contributed by atoms with Crippen LogP contribution in [-0.2, 0) is 10.0 Å². The molecule has 0 amide bonds. The number of nitrogens with zero attached hydrogens (tertiary/aromatic N) is 1. The summed E-state index contributed by atoms with van der Waals surface area (Å²) in [4.78, 5) is 4.27. The van der Waals surface area contributed by atoms with Gasteiger partial charge in [-0.15, -0.1) is 0 Å². The van der Waals surface area contributed by atoms with E-state index in [4.69, 9.17) is 0 Å². The quantitative estimate of drug-likeness (QED) is 0.888. The third-order valence-electron chi connectivity index (χ3n) is 2.78. The van der Waals surface area contributed by atoms with Crippen LogP contribution in [0.5, 0.6) is 0 Å². The number of para-hydroxylation sites is 1. The maximum absolute atomic E-state index is 12.5. The average Bonchev–Trinajstić information content (AvgIpc) is 2.42. The minimum absolute atomic E-state index is 0.215. The molecule has 0 aliphatic rings. The maximum atomic E-state index is 12.5. The number of sulfonamides is 1. The lowest BCUT2D eigenvalue weighted by molar-refractivity contribution is 0.601. The molecule has 1 heterocycles. The van der Waals surface area contributed by atoms with E-state index in [1.54, 1.807) is 49.5 Å². The molecule has 0 saturated heterocycles. The molecular formula is C14H17N3O2S. The Morgan fingerprint density at radius 2 is 1.90 bits per heavy atom. The molecule has 0 radical (unpaired) electrons. The molecule has 0 atom stereocenters. The van der Waals surface area contributed by atoms with Crippen LogP contribution >= 0.6 is 0 Å². The van der Waals surface area contributed by atoms with E-state index in [1.807, 2.05) is 6.92 Å². The molecule has 0 aliphatic heterocycles. The Labute approximate surface area is 119 Å². The van der Waals surface area contributed by atoms with Crippen LogP contribution < -0.4 is 10.0 Å². The first kappa shape index (κ1) is 14.3. The minimum Gasteiger partial charge on any atom is -0.384 e. The summed E-state index contributed by atoms with van der Waals surface area (Å²) in [6.45, 7) is 4.37. The van der Waals surface area contributed by atoms with Crippen molar-refractivity contribution in [3.8, 4) is 0 Å². The van der Waals surface area contributed by atoms with E-state index in [0.717, 1.165) is 5.56 Å². The van der Waals surface area contributed by atoms with Gasteiger partial charge >= 0.3 is 0 Å². The number of rotatable bonds is 5. The smallest absolute Gasteiger partial charge is 0.265 e. The largest absolute Gasteiger partial charge is 0.384 e. The van der Waals surface area contributed by atoms with Gasteiger partial charge in [-0.3, -0.25) is 4.72 Å². The van der Waals surface area contributed by atoms with Gasteiger partial charge in [0.05, 0.1) is 5.69 Å². The van der Waals surface area contributed by atoms with Gasteiger partial charge in [-0.25, -0.2) is 13.4 Å². The number of benzene rings is 1. The SMILES string of the molecule is CCNc1ccccc1S(=O)(=O)Nc1ncccc1C. The Balaban J connectivity index is 2.39. The molecule has 2 N–H and O–H groups in total. The molecule has 0 spiro atoms. The summed E-state index contributed by atoms with van der Waals surface area (Å²) in [6.07, 6.45) is 1.56. The highest BCUT2D eigenvalue weighted by molar-refractivity contribution is 7.92. The molecule has 106 valence electrons. The van der Waals surface area contributed by atoms with Crippen LogP contribution in [0.4, 0.5) is 11.5 Å². The van der Waals surface area contributed by atoms with E-state index in [0.29, 0.717) is 18.1 Å². The van der Waals surface area contributed by atoms with E-state index < -0.39 is 10.0 Å². The molecule has 2 aromatic rings. The fraction of sp³-hybridized carbons (Fsp3) is 0.214. The second-order valence-corrected chi connectivity index (χ2v) is 5.95. The second-order valence-electron chi connectivity index (χ2n) is 4.30. The lowest BCUT2D eigenvalue weighted by Crippen LogP contribution is -2.16. The van der Waals surface area contributed by atoms with Crippen molar-refractivity contribution in [1.29, 1.82) is 0 Å². The van der Waals surface area contributed by atoms with Gasteiger partial charge in [0.25, 0.3) is 10.0 Å². The molecule has 0 fully saturated rings. The maximum Gasteiger partial charge on any atom is 0.265 e. The fourth-order valence-corrected chi connectivity index (χ4v) is 3.08. The van der Waals surface area contributed by atoms with Gasteiger partial charge < -0.3 is 5.32 Å². The minimum atomic E-state index is -3.66. The number of nitrogens with one attached hydrogen (secondary N) is 2. The number of aryl methyl sites for hydroxylation is 1. The van der Waals surface area contributed by atoms with Crippen LogP contribution in [-0.4, -0.2) is 19.9 Å². The van der Waals surface area contributed by atoms with Gasteiger partial charge in [-0.05, 0) is 37.6 Å². The highest BCUT2D eigenvalue weighted by Crippen LogP contribution is 2.23. The zero-order valence-electron chi connectivity index (χ0n) is 11.4. The summed E-state index contributed by atoms with van der Waals surface area (Å²) < 4.78 is 27.4. The highest BCUT2D eigenvalue weighted by Gasteiger charge is 2.19. The van der Waals surface area contributed by atoms with E-state index in [2.05, 4.69) is 15.0 Å². The first-order chi connectivity index (χ1) is 9.54. The number of hydrogen-bond acceptors (Lipinski definition) is 4. The summed E-state index contributed by atoms with van der Waals surface area (Å²) in [5.74, 6) is 0.346. The van der Waals surface area contributed by atoms with E-state index in [9.17, 15) is 8.42 Å². The summed E-state index contributed by atoms with van der Waals surface area (Å²) in [5, 5.41) is 3.04. The predicted molar refractivity (Wildman–Crippen MR) is 80.4 cm³/mol. The first-order valence-corrected chi connectivity index (χ1v) is 7.80. The van der Waals surface area contributed by atoms with Crippen molar-refractivity contribution >= 4 is 21.5 Å². The van der Waals surface area contributed by atoms with Crippen molar-refractivity contribution in [2.75, 3.05) is 16.6 Å². The zero-order valence-corrected chi connectivity index (χ0v) is 12.2. The third kappa shape index (κ3) is 3.08. The van der Waals surface area contributed by atoms with Crippen LogP contribution in [0.2, 0.25) is 0 Å². The van der Waals surface area contributed by atoms with Crippen LogP contribution in [0.3, 0.4) is 0 Å². The molecule has 20 heavy (non-hydrogen) atoms. The number of hydrogen-bond donors (Lipinski definition) is 2. The number of aromatic nitrogens is 1. The van der Waals surface area contributed by atoms with E-state index in [1.165, 1.54) is 0 Å². The molecule has 1 aromatic carbocycles. The van der Waals surface area contributed by atoms with Crippen molar-refractivity contribution in [1.82, 2.24) is 4.98 Å². The predicted octanol–water partition coefficient (Wildman–Crippen LogP) is 2.62. The van der Waals surface area contributed by atoms with Crippen molar-refractivity contribution in [3.63, 3.8) is 0 Å². The summed E-state index contributed by atoms with van der Waals surface area (Å²) in [5.41, 5.74) is 1.35. The lowest BCUT2D eigenvalue weighted by atomic mass is 10.3. The Kier molecular flexibility index (Phi) is 4.24. The van der Waals surface area contributed by atoms with Crippen molar-refractivity contribution in [2.24, 2.45) is 0 Å². The molecular weight excluding hydrogens is 274 g/mol. The highest BCUT2D eigenvalue weighted by atomic mass is 32.2. The second kappa shape index (κ2) is 5.92. The molecule has 0 saturated carbocycles. The molecule has 0 bridgehead atoms. The summed E-state index contributed by atoms with van der Waals surface area (Å²) in [7, 11) is -3.66.